The van der Waals surface area contributed by atoms with E-state index < -0.39 is 43.0 Å². The van der Waals surface area contributed by atoms with E-state index in [1.807, 2.05) is 26.2 Å². The standard InChI is InChI=1S/C24H59NO8Si5/c1-23(2)20-22(21-24(3,4)25(23)5)29-18-17-19-34(9,10)30-35(11,12)31-36(13,14)32-37(15,16)33-38(26-6,27-7)28-8/h22H,17-21H2,1-16H3. The number of hydrogen-bond acceptors (Lipinski definition) is 9. The Bertz CT molecular complexity index is 721. The minimum Gasteiger partial charge on any atom is -0.436 e. The van der Waals surface area contributed by atoms with Crippen molar-refractivity contribution in [1.29, 1.82) is 0 Å². The van der Waals surface area contributed by atoms with Crippen LogP contribution < -0.4 is 0 Å². The number of hydrogen-bond donors (Lipinski definition) is 0. The van der Waals surface area contributed by atoms with Gasteiger partial charge in [0.05, 0.1) is 6.10 Å². The lowest BCUT2D eigenvalue weighted by molar-refractivity contribution is -0.0912. The fraction of sp³-hybridized carbons (Fsp3) is 1.00. The maximum Gasteiger partial charge on any atom is 0.669 e. The van der Waals surface area contributed by atoms with Gasteiger partial charge in [0.2, 0.25) is 0 Å². The molecule has 1 aliphatic heterocycles. The van der Waals surface area contributed by atoms with Gasteiger partial charge >= 0.3 is 34.7 Å². The van der Waals surface area contributed by atoms with Crippen LogP contribution in [0.4, 0.5) is 0 Å². The van der Waals surface area contributed by atoms with Crippen molar-refractivity contribution >= 4 is 43.0 Å². The van der Waals surface area contributed by atoms with Crippen LogP contribution in [0.5, 0.6) is 0 Å². The Morgan fingerprint density at radius 1 is 0.658 bits per heavy atom. The average molecular weight is 630 g/mol. The monoisotopic (exact) mass is 629 g/mol. The van der Waals surface area contributed by atoms with Crippen molar-refractivity contribution in [1.82, 2.24) is 4.90 Å². The van der Waals surface area contributed by atoms with Crippen molar-refractivity contribution in [3.05, 3.63) is 0 Å². The molecule has 0 radical (unpaired) electrons. The molecule has 0 aromatic heterocycles. The van der Waals surface area contributed by atoms with Crippen LogP contribution in [-0.2, 0) is 34.5 Å². The summed E-state index contributed by atoms with van der Waals surface area (Å²) in [4.78, 5) is 2.49. The fourth-order valence-corrected chi connectivity index (χ4v) is 27.5. The number of piperidine rings is 1. The van der Waals surface area contributed by atoms with E-state index in [2.05, 4.69) is 65.8 Å². The van der Waals surface area contributed by atoms with E-state index in [0.29, 0.717) is 6.10 Å². The maximum absolute atomic E-state index is 6.77. The third-order valence-electron chi connectivity index (χ3n) is 7.17. The zero-order valence-corrected chi connectivity index (χ0v) is 32.3. The summed E-state index contributed by atoms with van der Waals surface area (Å²) in [5.74, 6) is 0. The molecule has 0 saturated carbocycles. The second kappa shape index (κ2) is 13.4. The van der Waals surface area contributed by atoms with Crippen LogP contribution in [0.25, 0.3) is 0 Å². The van der Waals surface area contributed by atoms with Gasteiger partial charge in [-0.05, 0) is 112 Å². The first kappa shape index (κ1) is 36.8. The Kier molecular flexibility index (Phi) is 12.9. The third-order valence-corrected chi connectivity index (χ3v) is 25.2. The average Bonchev–Trinajstić information content (AvgIpc) is 2.70. The highest BCUT2D eigenvalue weighted by atomic mass is 28.5. The number of ether oxygens (including phenoxy) is 1. The van der Waals surface area contributed by atoms with E-state index in [1.165, 1.54) is 21.3 Å². The molecule has 1 heterocycles. The van der Waals surface area contributed by atoms with Crippen LogP contribution in [0.1, 0.15) is 47.0 Å². The lowest BCUT2D eigenvalue weighted by Crippen LogP contribution is -2.61. The molecule has 0 N–H and O–H groups in total. The first-order valence-corrected chi connectivity index (χ1v) is 27.0. The molecule has 1 aliphatic rings. The molecule has 1 fully saturated rings. The summed E-state index contributed by atoms with van der Waals surface area (Å²) in [6.07, 6.45) is 3.42. The van der Waals surface area contributed by atoms with Gasteiger partial charge in [-0.25, -0.2) is 0 Å². The van der Waals surface area contributed by atoms with Crippen molar-refractivity contribution in [2.24, 2.45) is 0 Å². The lowest BCUT2D eigenvalue weighted by atomic mass is 9.79. The normalized spacial score (nSPS) is 20.2. The number of nitrogens with zero attached hydrogens (tertiary/aromatic N) is 1. The highest BCUT2D eigenvalue weighted by molar-refractivity contribution is 6.89. The van der Waals surface area contributed by atoms with Crippen LogP contribution >= 0.6 is 0 Å². The Labute approximate surface area is 239 Å². The van der Waals surface area contributed by atoms with Crippen molar-refractivity contribution in [3.8, 4) is 0 Å². The molecule has 0 aromatic carbocycles. The molecule has 0 atom stereocenters. The molecule has 0 amide bonds. The molecule has 9 nitrogen and oxygen atoms in total. The van der Waals surface area contributed by atoms with Gasteiger partial charge < -0.3 is 34.5 Å². The summed E-state index contributed by atoms with van der Waals surface area (Å²) in [5, 5.41) is 0. The van der Waals surface area contributed by atoms with Crippen molar-refractivity contribution in [2.45, 2.75) is 123 Å². The summed E-state index contributed by atoms with van der Waals surface area (Å²) < 4.78 is 48.8. The van der Waals surface area contributed by atoms with Gasteiger partial charge in [-0.2, -0.15) is 0 Å². The van der Waals surface area contributed by atoms with Gasteiger partial charge in [0.1, 0.15) is 0 Å². The minimum atomic E-state index is -3.22. The van der Waals surface area contributed by atoms with E-state index in [-0.39, 0.29) is 11.1 Å². The first-order chi connectivity index (χ1) is 17.0. The highest BCUT2D eigenvalue weighted by Gasteiger charge is 2.52. The van der Waals surface area contributed by atoms with Crippen LogP contribution in [-0.4, -0.2) is 100 Å². The summed E-state index contributed by atoms with van der Waals surface area (Å²) in [7, 11) is -6.10. The molecule has 0 unspecified atom stereocenters. The molecule has 14 heteroatoms. The molecular weight excluding hydrogens is 571 g/mol. The first-order valence-electron chi connectivity index (χ1n) is 13.8. The van der Waals surface area contributed by atoms with Crippen LogP contribution in [0.2, 0.25) is 58.4 Å². The maximum atomic E-state index is 6.77. The molecule has 1 rings (SSSR count). The SMILES string of the molecule is CO[Si](OC)(OC)O[Si](C)(C)O[Si](C)(C)O[Si](C)(C)O[Si](C)(C)CCCOC1CC(C)(C)N(C)C(C)(C)C1. The third kappa shape index (κ3) is 11.5. The van der Waals surface area contributed by atoms with Crippen LogP contribution in [0.3, 0.4) is 0 Å². The zero-order valence-electron chi connectivity index (χ0n) is 27.3. The molecule has 0 aromatic rings. The molecule has 38 heavy (non-hydrogen) atoms. The molecule has 0 bridgehead atoms. The second-order valence-electron chi connectivity index (χ2n) is 13.7. The van der Waals surface area contributed by atoms with Gasteiger partial charge in [0.25, 0.3) is 0 Å². The molecule has 1 saturated heterocycles. The lowest BCUT2D eigenvalue weighted by Gasteiger charge is -2.53. The Morgan fingerprint density at radius 3 is 1.47 bits per heavy atom. The largest absolute Gasteiger partial charge is 0.669 e. The number of rotatable bonds is 16. The molecule has 0 spiro atoms. The molecular formula is C24H59NO8Si5. The predicted octanol–water partition coefficient (Wildman–Crippen LogP) is 5.80. The quantitative estimate of drug-likeness (QED) is 0.156. The van der Waals surface area contributed by atoms with E-state index in [0.717, 1.165) is 31.9 Å². The summed E-state index contributed by atoms with van der Waals surface area (Å²) in [6, 6.07) is 1.03. The summed E-state index contributed by atoms with van der Waals surface area (Å²) >= 11 is 0. The van der Waals surface area contributed by atoms with Crippen molar-refractivity contribution in [3.63, 3.8) is 0 Å². The molecule has 0 aliphatic carbocycles. The van der Waals surface area contributed by atoms with Gasteiger partial charge in [-0.3, -0.25) is 4.90 Å². The smallest absolute Gasteiger partial charge is 0.436 e. The van der Waals surface area contributed by atoms with Gasteiger partial charge in [-0.15, -0.1) is 0 Å². The Balaban J connectivity index is 2.65. The van der Waals surface area contributed by atoms with Crippen molar-refractivity contribution in [2.75, 3.05) is 35.0 Å². The minimum absolute atomic E-state index is 0.137. The Morgan fingerprint density at radius 2 is 1.05 bits per heavy atom. The van der Waals surface area contributed by atoms with E-state index in [1.54, 1.807) is 0 Å². The zero-order chi connectivity index (χ0) is 29.8. The van der Waals surface area contributed by atoms with Gasteiger partial charge in [0.15, 0.2) is 8.32 Å². The Hall–Kier alpha value is 0.724. The number of likely N-dealkylation sites (tertiary alicyclic amines) is 1. The van der Waals surface area contributed by atoms with Crippen LogP contribution in [0, 0.1) is 0 Å². The van der Waals surface area contributed by atoms with Gasteiger partial charge in [-0.1, -0.05) is 0 Å². The van der Waals surface area contributed by atoms with Gasteiger partial charge in [0, 0.05) is 39.0 Å². The van der Waals surface area contributed by atoms with E-state index in [4.69, 9.17) is 34.5 Å². The fourth-order valence-electron chi connectivity index (χ4n) is 5.78. The highest BCUT2D eigenvalue weighted by Crippen LogP contribution is 2.38. The van der Waals surface area contributed by atoms with E-state index >= 15 is 0 Å². The second-order valence-corrected chi connectivity index (χ2v) is 31.6. The topological polar surface area (TPSA) is 77.1 Å². The summed E-state index contributed by atoms with van der Waals surface area (Å²) in [6.45, 7) is 26.8. The van der Waals surface area contributed by atoms with Crippen LogP contribution in [0.15, 0.2) is 0 Å². The predicted molar refractivity (Wildman–Crippen MR) is 165 cm³/mol. The summed E-state index contributed by atoms with van der Waals surface area (Å²) in [5.41, 5.74) is 0.274. The van der Waals surface area contributed by atoms with E-state index in [9.17, 15) is 0 Å². The van der Waals surface area contributed by atoms with Crippen molar-refractivity contribution < 1.29 is 34.5 Å². The molecule has 228 valence electrons.